The van der Waals surface area contributed by atoms with E-state index in [0.717, 1.165) is 6.54 Å². The molecule has 0 aliphatic carbocycles. The molecule has 0 aliphatic heterocycles. The predicted molar refractivity (Wildman–Crippen MR) is 76.6 cm³/mol. The lowest BCUT2D eigenvalue weighted by atomic mass is 10.0. The summed E-state index contributed by atoms with van der Waals surface area (Å²) in [6, 6.07) is 0.429. The SMILES string of the molecule is CC(CNC(C)(C)C)C(C)n1cc(I)cn1. The van der Waals surface area contributed by atoms with E-state index < -0.39 is 0 Å². The van der Waals surface area contributed by atoms with Crippen LogP contribution in [0.1, 0.15) is 40.7 Å². The number of hydrogen-bond donors (Lipinski definition) is 1. The van der Waals surface area contributed by atoms with E-state index in [4.69, 9.17) is 0 Å². The largest absolute Gasteiger partial charge is 0.312 e. The fourth-order valence-corrected chi connectivity index (χ4v) is 1.85. The highest BCUT2D eigenvalue weighted by atomic mass is 127. The normalized spacial score (nSPS) is 16.1. The Hall–Kier alpha value is -0.100. The molecule has 0 aliphatic rings. The molecule has 0 saturated heterocycles. The lowest BCUT2D eigenvalue weighted by Gasteiger charge is -2.26. The Morgan fingerprint density at radius 2 is 2.06 bits per heavy atom. The number of nitrogens with zero attached hydrogens (tertiary/aromatic N) is 2. The summed E-state index contributed by atoms with van der Waals surface area (Å²) < 4.78 is 3.25. The van der Waals surface area contributed by atoms with Gasteiger partial charge >= 0.3 is 0 Å². The molecule has 1 heterocycles. The Balaban J connectivity index is 2.51. The molecule has 3 nitrogen and oxygen atoms in total. The van der Waals surface area contributed by atoms with E-state index in [9.17, 15) is 0 Å². The third kappa shape index (κ3) is 4.41. The second-order valence-corrected chi connectivity index (χ2v) is 6.73. The van der Waals surface area contributed by atoms with Crippen molar-refractivity contribution >= 4 is 22.6 Å². The number of hydrogen-bond acceptors (Lipinski definition) is 2. The monoisotopic (exact) mass is 335 g/mol. The number of halogens is 1. The Bertz CT molecular complexity index is 327. The topological polar surface area (TPSA) is 29.9 Å². The van der Waals surface area contributed by atoms with E-state index in [2.05, 4.69) is 78.5 Å². The molecule has 4 heteroatoms. The summed E-state index contributed by atoms with van der Waals surface area (Å²) in [7, 11) is 0. The molecule has 0 aromatic carbocycles. The molecule has 92 valence electrons. The van der Waals surface area contributed by atoms with E-state index in [1.165, 1.54) is 3.57 Å². The summed E-state index contributed by atoms with van der Waals surface area (Å²) in [4.78, 5) is 0. The van der Waals surface area contributed by atoms with Crippen molar-refractivity contribution in [3.05, 3.63) is 16.0 Å². The fraction of sp³-hybridized carbons (Fsp3) is 0.750. The third-order valence-corrected chi connectivity index (χ3v) is 3.32. The molecule has 2 unspecified atom stereocenters. The first kappa shape index (κ1) is 14.0. The van der Waals surface area contributed by atoms with Gasteiger partial charge in [0, 0.05) is 18.3 Å². The highest BCUT2D eigenvalue weighted by molar-refractivity contribution is 14.1. The standard InChI is InChI=1S/C12H22IN3/c1-9(6-14-12(3,4)5)10(2)16-8-11(13)7-15-16/h7-10,14H,6H2,1-5H3. The van der Waals surface area contributed by atoms with Gasteiger partial charge in [0.1, 0.15) is 0 Å². The van der Waals surface area contributed by atoms with Crippen LogP contribution in [0.3, 0.4) is 0 Å². The second kappa shape index (κ2) is 5.49. The smallest absolute Gasteiger partial charge is 0.0623 e. The van der Waals surface area contributed by atoms with Gasteiger partial charge in [0.15, 0.2) is 0 Å². The Morgan fingerprint density at radius 3 is 2.50 bits per heavy atom. The van der Waals surface area contributed by atoms with Crippen molar-refractivity contribution in [1.29, 1.82) is 0 Å². The van der Waals surface area contributed by atoms with Crippen molar-refractivity contribution < 1.29 is 0 Å². The van der Waals surface area contributed by atoms with E-state index >= 15 is 0 Å². The van der Waals surface area contributed by atoms with Crippen molar-refractivity contribution in [3.8, 4) is 0 Å². The molecule has 0 fully saturated rings. The van der Waals surface area contributed by atoms with Crippen LogP contribution in [0.4, 0.5) is 0 Å². The van der Waals surface area contributed by atoms with E-state index in [-0.39, 0.29) is 5.54 Å². The van der Waals surface area contributed by atoms with Gasteiger partial charge in [-0.2, -0.15) is 5.10 Å². The lowest BCUT2D eigenvalue weighted by molar-refractivity contribution is 0.302. The molecule has 16 heavy (non-hydrogen) atoms. The van der Waals surface area contributed by atoms with Gasteiger partial charge in [-0.15, -0.1) is 0 Å². The third-order valence-electron chi connectivity index (χ3n) is 2.77. The summed E-state index contributed by atoms with van der Waals surface area (Å²) in [6.45, 7) is 12.1. The molecule has 0 bridgehead atoms. The van der Waals surface area contributed by atoms with Crippen molar-refractivity contribution in [3.63, 3.8) is 0 Å². The molecule has 2 atom stereocenters. The van der Waals surface area contributed by atoms with Crippen molar-refractivity contribution in [1.82, 2.24) is 15.1 Å². The Labute approximate surface area is 112 Å². The summed E-state index contributed by atoms with van der Waals surface area (Å²) >= 11 is 2.29. The van der Waals surface area contributed by atoms with Crippen LogP contribution in [0.25, 0.3) is 0 Å². The summed E-state index contributed by atoms with van der Waals surface area (Å²) in [5.41, 5.74) is 0.187. The zero-order valence-corrected chi connectivity index (χ0v) is 12.9. The van der Waals surface area contributed by atoms with Crippen molar-refractivity contribution in [2.24, 2.45) is 5.92 Å². The lowest BCUT2D eigenvalue weighted by Crippen LogP contribution is -2.40. The van der Waals surface area contributed by atoms with Crippen LogP contribution in [0.15, 0.2) is 12.4 Å². The van der Waals surface area contributed by atoms with Gasteiger partial charge in [0.05, 0.1) is 15.8 Å². The van der Waals surface area contributed by atoms with Gasteiger partial charge in [0.25, 0.3) is 0 Å². The number of aromatic nitrogens is 2. The number of nitrogens with one attached hydrogen (secondary N) is 1. The molecule has 0 spiro atoms. The second-order valence-electron chi connectivity index (χ2n) is 5.49. The van der Waals surface area contributed by atoms with E-state index in [1.54, 1.807) is 0 Å². The fourth-order valence-electron chi connectivity index (χ4n) is 1.44. The van der Waals surface area contributed by atoms with Crippen LogP contribution < -0.4 is 5.32 Å². The maximum Gasteiger partial charge on any atom is 0.0623 e. The van der Waals surface area contributed by atoms with Crippen LogP contribution >= 0.6 is 22.6 Å². The van der Waals surface area contributed by atoms with Gasteiger partial charge in [0.2, 0.25) is 0 Å². The van der Waals surface area contributed by atoms with Gasteiger partial charge in [-0.1, -0.05) is 6.92 Å². The summed E-state index contributed by atoms with van der Waals surface area (Å²) in [5, 5.41) is 7.90. The molecule has 0 radical (unpaired) electrons. The van der Waals surface area contributed by atoms with E-state index in [1.807, 2.05) is 6.20 Å². The first-order valence-corrected chi connectivity index (χ1v) is 6.82. The Kier molecular flexibility index (Phi) is 4.79. The zero-order valence-electron chi connectivity index (χ0n) is 10.8. The van der Waals surface area contributed by atoms with Gasteiger partial charge in [-0.25, -0.2) is 0 Å². The maximum absolute atomic E-state index is 4.36. The minimum Gasteiger partial charge on any atom is -0.312 e. The van der Waals surface area contributed by atoms with Crippen LogP contribution in [-0.2, 0) is 0 Å². The molecular formula is C12H22IN3. The molecule has 0 saturated carbocycles. The van der Waals surface area contributed by atoms with Crippen LogP contribution in [0, 0.1) is 9.49 Å². The number of rotatable bonds is 4. The maximum atomic E-state index is 4.36. The molecule has 1 aromatic heterocycles. The van der Waals surface area contributed by atoms with Crippen LogP contribution in [-0.4, -0.2) is 21.9 Å². The van der Waals surface area contributed by atoms with Gasteiger partial charge in [-0.3, -0.25) is 4.68 Å². The molecule has 1 N–H and O–H groups in total. The van der Waals surface area contributed by atoms with E-state index in [0.29, 0.717) is 12.0 Å². The molecule has 1 rings (SSSR count). The molecule has 0 amide bonds. The Morgan fingerprint density at radius 1 is 1.44 bits per heavy atom. The quantitative estimate of drug-likeness (QED) is 0.857. The van der Waals surface area contributed by atoms with Crippen molar-refractivity contribution in [2.45, 2.75) is 46.2 Å². The molecule has 1 aromatic rings. The molecular weight excluding hydrogens is 313 g/mol. The van der Waals surface area contributed by atoms with Gasteiger partial charge < -0.3 is 5.32 Å². The first-order valence-electron chi connectivity index (χ1n) is 5.74. The minimum atomic E-state index is 0.187. The highest BCUT2D eigenvalue weighted by Gasteiger charge is 2.17. The van der Waals surface area contributed by atoms with Gasteiger partial charge in [-0.05, 0) is 56.2 Å². The average molecular weight is 335 g/mol. The summed E-state index contributed by atoms with van der Waals surface area (Å²) in [6.07, 6.45) is 4.00. The van der Waals surface area contributed by atoms with Crippen LogP contribution in [0.2, 0.25) is 0 Å². The highest BCUT2D eigenvalue weighted by Crippen LogP contribution is 2.17. The minimum absolute atomic E-state index is 0.187. The average Bonchev–Trinajstić information content (AvgIpc) is 2.59. The zero-order chi connectivity index (χ0) is 12.3. The summed E-state index contributed by atoms with van der Waals surface area (Å²) in [5.74, 6) is 0.565. The van der Waals surface area contributed by atoms with Crippen molar-refractivity contribution in [2.75, 3.05) is 6.54 Å². The van der Waals surface area contributed by atoms with Crippen LogP contribution in [0.5, 0.6) is 0 Å². The predicted octanol–water partition coefficient (Wildman–Crippen LogP) is 3.07. The first-order chi connectivity index (χ1) is 7.29.